The molecule has 0 saturated heterocycles. The molecule has 0 spiro atoms. The number of aromatic nitrogens is 2. The Hall–Kier alpha value is -3.48. The molecule has 0 fully saturated rings. The maximum Gasteiger partial charge on any atom is 3.00 e. The number of benzene rings is 2. The number of fused-ring (bicyclic) bond motifs is 2. The second-order valence-electron chi connectivity index (χ2n) is 11.9. The molecule has 4 heterocycles. The maximum atomic E-state index is 11.5. The van der Waals surface area contributed by atoms with E-state index < -0.39 is 5.41 Å². The molecule has 4 aromatic heterocycles. The number of pyridine rings is 2. The van der Waals surface area contributed by atoms with E-state index in [9.17, 15) is 9.90 Å². The molecule has 6 rings (SSSR count). The predicted octanol–water partition coefficient (Wildman–Crippen LogP) is 11.1. The number of nitrogens with zero attached hydrogens (tertiary/aromatic N) is 2. The van der Waals surface area contributed by atoms with E-state index in [2.05, 4.69) is 58.5 Å². The molecule has 0 bridgehead atoms. The third kappa shape index (κ3) is 10.8. The summed E-state index contributed by atoms with van der Waals surface area (Å²) in [5, 5.41) is 11.9. The topological polar surface area (TPSA) is 63.1 Å². The third-order valence-electron chi connectivity index (χ3n) is 6.27. The van der Waals surface area contributed by atoms with E-state index in [0.29, 0.717) is 0 Å². The van der Waals surface area contributed by atoms with Crippen LogP contribution in [0.15, 0.2) is 109 Å². The van der Waals surface area contributed by atoms with Crippen molar-refractivity contribution in [3.8, 4) is 21.1 Å². The first-order valence-corrected chi connectivity index (χ1v) is 15.7. The van der Waals surface area contributed by atoms with Crippen molar-refractivity contribution < 1.29 is 30.0 Å². The molecule has 0 aliphatic carbocycles. The van der Waals surface area contributed by atoms with Crippen LogP contribution in [0.2, 0.25) is 0 Å². The monoisotopic (exact) mass is 812 g/mol. The van der Waals surface area contributed by atoms with Crippen molar-refractivity contribution in [2.24, 2.45) is 10.8 Å². The van der Waals surface area contributed by atoms with Crippen LogP contribution in [0.25, 0.3) is 41.3 Å². The van der Waals surface area contributed by atoms with Gasteiger partial charge in [-0.05, 0) is 31.3 Å². The second-order valence-corrected chi connectivity index (χ2v) is 14.0. The smallest absolute Gasteiger partial charge is 0.512 e. The van der Waals surface area contributed by atoms with Gasteiger partial charge in [0.2, 0.25) is 0 Å². The molecule has 0 unspecified atom stereocenters. The van der Waals surface area contributed by atoms with E-state index in [4.69, 9.17) is 0 Å². The first-order chi connectivity index (χ1) is 20.4. The van der Waals surface area contributed by atoms with Crippen LogP contribution in [0.4, 0.5) is 0 Å². The van der Waals surface area contributed by atoms with Gasteiger partial charge in [0.25, 0.3) is 0 Å². The van der Waals surface area contributed by atoms with E-state index in [1.165, 1.54) is 26.2 Å². The zero-order valence-corrected chi connectivity index (χ0v) is 30.7. The zero-order chi connectivity index (χ0) is 31.0. The minimum atomic E-state index is -0.417. The molecule has 0 radical (unpaired) electrons. The van der Waals surface area contributed by atoms with Gasteiger partial charge in [-0.1, -0.05) is 90.1 Å². The molecular weight excluding hydrogens is 773 g/mol. The van der Waals surface area contributed by atoms with Gasteiger partial charge in [-0.15, -0.1) is 47.2 Å². The minimum absolute atomic E-state index is 0. The summed E-state index contributed by atoms with van der Waals surface area (Å²) in [5.74, 6) is 0.104. The summed E-state index contributed by atoms with van der Waals surface area (Å²) in [6, 6.07) is 35.2. The Bertz CT molecular complexity index is 1640. The number of allylic oxidation sites excluding steroid dienone is 2. The summed E-state index contributed by atoms with van der Waals surface area (Å²) < 4.78 is 2.52. The van der Waals surface area contributed by atoms with Gasteiger partial charge in [0.15, 0.2) is 5.78 Å². The first kappa shape index (κ1) is 37.7. The Labute approximate surface area is 289 Å². The van der Waals surface area contributed by atoms with Gasteiger partial charge in [0, 0.05) is 40.7 Å². The molecule has 6 aromatic rings. The minimum Gasteiger partial charge on any atom is -0.512 e. The van der Waals surface area contributed by atoms with E-state index >= 15 is 0 Å². The van der Waals surface area contributed by atoms with Gasteiger partial charge in [-0.2, -0.15) is 0 Å². The van der Waals surface area contributed by atoms with Crippen molar-refractivity contribution in [2.45, 2.75) is 41.5 Å². The molecule has 0 amide bonds. The third-order valence-corrected chi connectivity index (χ3v) is 8.45. The number of carbonyl (C=O) groups excluding carboxylic acids is 1. The van der Waals surface area contributed by atoms with Gasteiger partial charge < -0.3 is 22.5 Å². The van der Waals surface area contributed by atoms with Crippen LogP contribution in [0, 0.1) is 30.4 Å². The van der Waals surface area contributed by atoms with Crippen molar-refractivity contribution in [3.05, 3.63) is 129 Å². The van der Waals surface area contributed by atoms with Crippen LogP contribution in [0.5, 0.6) is 0 Å². The fourth-order valence-electron chi connectivity index (χ4n) is 3.62. The average molecular weight is 812 g/mol. The molecule has 2 aromatic carbocycles. The summed E-state index contributed by atoms with van der Waals surface area (Å²) in [5.41, 5.74) is 1.23. The average Bonchev–Trinajstić information content (AvgIpc) is 3.63. The number of carbonyl (C=O) groups is 1. The maximum absolute atomic E-state index is 11.5. The largest absolute Gasteiger partial charge is 3.00 e. The van der Waals surface area contributed by atoms with Crippen LogP contribution < -0.4 is 0 Å². The fourth-order valence-corrected chi connectivity index (χ4v) is 5.58. The number of hydrogen-bond donors (Lipinski definition) is 1. The predicted molar refractivity (Wildman–Crippen MR) is 189 cm³/mol. The number of thiophene rings is 2. The molecule has 0 aliphatic rings. The van der Waals surface area contributed by atoms with Crippen LogP contribution >= 0.6 is 22.7 Å². The summed E-state index contributed by atoms with van der Waals surface area (Å²) in [4.78, 5) is 22.3. The number of aliphatic hydroxyl groups is 1. The van der Waals surface area contributed by atoms with Crippen LogP contribution in [-0.2, 0) is 24.9 Å². The molecule has 7 heteroatoms. The van der Waals surface area contributed by atoms with Crippen LogP contribution in [-0.4, -0.2) is 20.9 Å². The molecule has 0 aliphatic heterocycles. The van der Waals surface area contributed by atoms with Crippen molar-refractivity contribution in [1.82, 2.24) is 9.97 Å². The molecule has 1 N–H and O–H groups in total. The fraction of sp³-hybridized carbons (Fsp3) is 0.211. The number of rotatable bonds is 3. The molecular formula is C38H39IrN2O2S2. The SMILES string of the molecule is CC(C)(C)C(=O)/C=C(\O)C(C)(C)C.[CH3-].[Ir+3].[c-]1c(-c2ccccn2)sc2ccccc12.[c-]1c(-c2ccccn2)sc2ccccc12. The van der Waals surface area contributed by atoms with Gasteiger partial charge in [0.1, 0.15) is 5.76 Å². The van der Waals surface area contributed by atoms with E-state index in [0.717, 1.165) is 21.1 Å². The first-order valence-electron chi connectivity index (χ1n) is 14.0. The second kappa shape index (κ2) is 16.7. The van der Waals surface area contributed by atoms with Crippen LogP contribution in [0.1, 0.15) is 41.5 Å². The molecule has 234 valence electrons. The molecule has 0 saturated carbocycles. The van der Waals surface area contributed by atoms with Crippen molar-refractivity contribution in [1.29, 1.82) is 0 Å². The molecule has 0 atom stereocenters. The Kier molecular flexibility index (Phi) is 14.0. The van der Waals surface area contributed by atoms with Gasteiger partial charge in [-0.3, -0.25) is 4.79 Å². The normalized spacial score (nSPS) is 11.3. The van der Waals surface area contributed by atoms with E-state index in [1.54, 1.807) is 22.7 Å². The molecule has 4 nitrogen and oxygen atoms in total. The van der Waals surface area contributed by atoms with Gasteiger partial charge in [-0.25, -0.2) is 22.7 Å². The summed E-state index contributed by atoms with van der Waals surface area (Å²) in [6.45, 7) is 11.1. The Morgan fingerprint density at radius 1 is 0.667 bits per heavy atom. The Morgan fingerprint density at radius 2 is 1.07 bits per heavy atom. The standard InChI is InChI=1S/2C13H8NS.C11H20O2.CH3.Ir/c2*1-2-7-12-10(5-1)9-13(15-12)11-6-3-4-8-14-11;1-10(2,3)8(12)7-9(13)11(4,5)6;;/h2*1-8H;7,12H,1-6H3;1H3;/q2*-1;;-1;+3/b;;8-7-;;. The van der Waals surface area contributed by atoms with Gasteiger partial charge in [0.05, 0.1) is 0 Å². The zero-order valence-electron chi connectivity index (χ0n) is 26.7. The molecule has 45 heavy (non-hydrogen) atoms. The van der Waals surface area contributed by atoms with E-state index in [-0.39, 0.29) is 44.5 Å². The number of hydrogen-bond acceptors (Lipinski definition) is 6. The summed E-state index contributed by atoms with van der Waals surface area (Å²) >= 11 is 3.46. The van der Waals surface area contributed by atoms with Crippen molar-refractivity contribution in [2.75, 3.05) is 0 Å². The summed E-state index contributed by atoms with van der Waals surface area (Å²) in [6.07, 6.45) is 4.96. The Balaban J connectivity index is 0.000000231. The van der Waals surface area contributed by atoms with Crippen LogP contribution in [0.3, 0.4) is 0 Å². The van der Waals surface area contributed by atoms with E-state index in [1.807, 2.05) is 102 Å². The van der Waals surface area contributed by atoms with Crippen molar-refractivity contribution in [3.63, 3.8) is 0 Å². The van der Waals surface area contributed by atoms with Gasteiger partial charge >= 0.3 is 20.1 Å². The number of ketones is 1. The number of aliphatic hydroxyl groups excluding tert-OH is 1. The Morgan fingerprint density at radius 3 is 1.40 bits per heavy atom. The quantitative estimate of drug-likeness (QED) is 0.110. The summed E-state index contributed by atoms with van der Waals surface area (Å²) in [7, 11) is 0. The van der Waals surface area contributed by atoms with Crippen molar-refractivity contribution >= 4 is 48.6 Å².